The summed E-state index contributed by atoms with van der Waals surface area (Å²) >= 11 is 0. The molecule has 1 N–H and O–H groups in total. The molecule has 3 heteroatoms. The highest BCUT2D eigenvalue weighted by molar-refractivity contribution is 4.78. The molecule has 0 spiro atoms. The van der Waals surface area contributed by atoms with Gasteiger partial charge in [-0.3, -0.25) is 0 Å². The molecular formula is C15H32N2O. The summed E-state index contributed by atoms with van der Waals surface area (Å²) in [6, 6.07) is 1.40. The van der Waals surface area contributed by atoms with Crippen LogP contribution < -0.4 is 5.32 Å². The monoisotopic (exact) mass is 256 g/mol. The van der Waals surface area contributed by atoms with Gasteiger partial charge in [0.25, 0.3) is 0 Å². The first-order chi connectivity index (χ1) is 8.59. The molecule has 1 saturated heterocycles. The summed E-state index contributed by atoms with van der Waals surface area (Å²) in [5, 5.41) is 3.62. The lowest BCUT2D eigenvalue weighted by atomic mass is 10.0. The van der Waals surface area contributed by atoms with E-state index in [1.165, 1.54) is 32.4 Å². The highest BCUT2D eigenvalue weighted by Crippen LogP contribution is 2.12. The third-order valence-electron chi connectivity index (χ3n) is 3.78. The van der Waals surface area contributed by atoms with Gasteiger partial charge in [-0.1, -0.05) is 13.8 Å². The van der Waals surface area contributed by atoms with Crippen LogP contribution >= 0.6 is 0 Å². The second-order valence-electron chi connectivity index (χ2n) is 6.15. The summed E-state index contributed by atoms with van der Waals surface area (Å²) in [6.07, 6.45) is 3.74. The topological polar surface area (TPSA) is 24.5 Å². The second-order valence-corrected chi connectivity index (χ2v) is 6.15. The minimum absolute atomic E-state index is 0.699. The van der Waals surface area contributed by atoms with Crippen LogP contribution in [0.2, 0.25) is 0 Å². The van der Waals surface area contributed by atoms with Crippen molar-refractivity contribution in [3.8, 4) is 0 Å². The predicted octanol–water partition coefficient (Wildman–Crippen LogP) is 2.51. The summed E-state index contributed by atoms with van der Waals surface area (Å²) in [6.45, 7) is 14.3. The van der Waals surface area contributed by atoms with Gasteiger partial charge < -0.3 is 15.0 Å². The van der Waals surface area contributed by atoms with E-state index in [1.807, 2.05) is 0 Å². The molecule has 0 amide bonds. The number of likely N-dealkylation sites (tertiary alicyclic amines) is 1. The predicted molar refractivity (Wildman–Crippen MR) is 78.0 cm³/mol. The van der Waals surface area contributed by atoms with Crippen LogP contribution in [0.1, 0.15) is 47.0 Å². The van der Waals surface area contributed by atoms with Gasteiger partial charge in [-0.05, 0) is 52.1 Å². The van der Waals surface area contributed by atoms with Crippen LogP contribution in [0.5, 0.6) is 0 Å². The van der Waals surface area contributed by atoms with Gasteiger partial charge >= 0.3 is 0 Å². The van der Waals surface area contributed by atoms with Crippen molar-refractivity contribution in [1.82, 2.24) is 10.2 Å². The molecule has 0 aromatic carbocycles. The summed E-state index contributed by atoms with van der Waals surface area (Å²) in [5.41, 5.74) is 0. The van der Waals surface area contributed by atoms with Crippen LogP contribution in [0.15, 0.2) is 0 Å². The molecule has 0 saturated carbocycles. The molecule has 0 bridgehead atoms. The highest BCUT2D eigenvalue weighted by Gasteiger charge is 2.19. The van der Waals surface area contributed by atoms with Gasteiger partial charge in [0.2, 0.25) is 0 Å². The van der Waals surface area contributed by atoms with Crippen molar-refractivity contribution in [2.45, 2.75) is 59.0 Å². The van der Waals surface area contributed by atoms with Crippen molar-refractivity contribution >= 4 is 0 Å². The lowest BCUT2D eigenvalue weighted by Gasteiger charge is -2.35. The van der Waals surface area contributed by atoms with E-state index < -0.39 is 0 Å². The van der Waals surface area contributed by atoms with Crippen LogP contribution in [0.4, 0.5) is 0 Å². The fourth-order valence-corrected chi connectivity index (χ4v) is 2.38. The van der Waals surface area contributed by atoms with E-state index in [9.17, 15) is 0 Å². The van der Waals surface area contributed by atoms with Gasteiger partial charge in [-0.15, -0.1) is 0 Å². The van der Waals surface area contributed by atoms with Crippen molar-refractivity contribution in [3.63, 3.8) is 0 Å². The van der Waals surface area contributed by atoms with Crippen molar-refractivity contribution in [1.29, 1.82) is 0 Å². The fourth-order valence-electron chi connectivity index (χ4n) is 2.38. The fraction of sp³-hybridized carbons (Fsp3) is 1.00. The average molecular weight is 256 g/mol. The zero-order valence-corrected chi connectivity index (χ0v) is 12.7. The molecule has 1 aliphatic heterocycles. The Balaban J connectivity index is 1.95. The molecule has 0 aromatic rings. The Labute approximate surface area is 113 Å². The minimum atomic E-state index is 0.699. The van der Waals surface area contributed by atoms with Crippen molar-refractivity contribution in [2.24, 2.45) is 5.92 Å². The number of rotatable bonds is 8. The molecule has 0 aromatic heterocycles. The Morgan fingerprint density at radius 2 is 1.78 bits per heavy atom. The van der Waals surface area contributed by atoms with Gasteiger partial charge in [0.05, 0.1) is 6.61 Å². The normalized spacial score (nSPS) is 19.0. The summed E-state index contributed by atoms with van der Waals surface area (Å²) in [5.74, 6) is 0.748. The van der Waals surface area contributed by atoms with Gasteiger partial charge in [0, 0.05) is 25.2 Å². The van der Waals surface area contributed by atoms with Crippen molar-refractivity contribution < 1.29 is 4.74 Å². The number of piperidine rings is 1. The number of hydrogen-bond donors (Lipinski definition) is 1. The summed E-state index contributed by atoms with van der Waals surface area (Å²) < 4.78 is 5.62. The van der Waals surface area contributed by atoms with Crippen molar-refractivity contribution in [2.75, 3.05) is 32.8 Å². The lowest BCUT2D eigenvalue weighted by Crippen LogP contribution is -2.45. The van der Waals surface area contributed by atoms with Crippen LogP contribution in [0.3, 0.4) is 0 Å². The third-order valence-corrected chi connectivity index (χ3v) is 3.78. The molecule has 0 aliphatic carbocycles. The van der Waals surface area contributed by atoms with E-state index in [1.54, 1.807) is 0 Å². The first kappa shape index (κ1) is 15.9. The zero-order chi connectivity index (χ0) is 13.4. The third kappa shape index (κ3) is 6.72. The molecule has 0 radical (unpaired) electrons. The maximum absolute atomic E-state index is 5.62. The number of ether oxygens (including phenoxy) is 1. The number of hydrogen-bond acceptors (Lipinski definition) is 3. The van der Waals surface area contributed by atoms with Gasteiger partial charge in [-0.2, -0.15) is 0 Å². The molecule has 3 nitrogen and oxygen atoms in total. The largest absolute Gasteiger partial charge is 0.380 e. The minimum Gasteiger partial charge on any atom is -0.380 e. The Bertz CT molecular complexity index is 199. The first-order valence-corrected chi connectivity index (χ1v) is 7.64. The number of nitrogens with zero attached hydrogens (tertiary/aromatic N) is 1. The smallest absolute Gasteiger partial charge is 0.0591 e. The second kappa shape index (κ2) is 8.89. The molecule has 0 atom stereocenters. The van der Waals surface area contributed by atoms with Crippen LogP contribution in [-0.4, -0.2) is 49.8 Å². The van der Waals surface area contributed by atoms with E-state index in [2.05, 4.69) is 37.9 Å². The molecule has 0 unspecified atom stereocenters. The Morgan fingerprint density at radius 3 is 2.33 bits per heavy atom. The molecular weight excluding hydrogens is 224 g/mol. The van der Waals surface area contributed by atoms with Crippen molar-refractivity contribution in [3.05, 3.63) is 0 Å². The van der Waals surface area contributed by atoms with E-state index in [0.717, 1.165) is 25.7 Å². The Kier molecular flexibility index (Phi) is 7.87. The van der Waals surface area contributed by atoms with Gasteiger partial charge in [0.1, 0.15) is 0 Å². The lowest BCUT2D eigenvalue weighted by molar-refractivity contribution is 0.115. The first-order valence-electron chi connectivity index (χ1n) is 7.64. The van der Waals surface area contributed by atoms with E-state index >= 15 is 0 Å². The van der Waals surface area contributed by atoms with E-state index in [4.69, 9.17) is 4.74 Å². The van der Waals surface area contributed by atoms with Crippen LogP contribution in [0, 0.1) is 5.92 Å². The zero-order valence-electron chi connectivity index (χ0n) is 12.7. The maximum atomic E-state index is 5.62. The highest BCUT2D eigenvalue weighted by atomic mass is 16.5. The molecule has 1 fully saturated rings. The Hall–Kier alpha value is -0.120. The molecule has 1 heterocycles. The van der Waals surface area contributed by atoms with Crippen LogP contribution in [0.25, 0.3) is 0 Å². The quantitative estimate of drug-likeness (QED) is 0.675. The standard InChI is InChI=1S/C15H32N2O/c1-13(2)7-11-18-12-8-16-15-5-9-17(10-6-15)14(3)4/h13-16H,5-12H2,1-4H3. The van der Waals surface area contributed by atoms with E-state index in [-0.39, 0.29) is 0 Å². The van der Waals surface area contributed by atoms with Gasteiger partial charge in [-0.25, -0.2) is 0 Å². The maximum Gasteiger partial charge on any atom is 0.0591 e. The molecule has 18 heavy (non-hydrogen) atoms. The Morgan fingerprint density at radius 1 is 1.11 bits per heavy atom. The molecule has 1 rings (SSSR count). The van der Waals surface area contributed by atoms with Gasteiger partial charge in [0.15, 0.2) is 0 Å². The number of nitrogens with one attached hydrogen (secondary N) is 1. The van der Waals surface area contributed by atoms with E-state index in [0.29, 0.717) is 12.1 Å². The average Bonchev–Trinajstić information content (AvgIpc) is 2.34. The summed E-state index contributed by atoms with van der Waals surface area (Å²) in [7, 11) is 0. The SMILES string of the molecule is CC(C)CCOCCNC1CCN(C(C)C)CC1. The molecule has 1 aliphatic rings. The van der Waals surface area contributed by atoms with Crippen LogP contribution in [-0.2, 0) is 4.74 Å². The molecule has 108 valence electrons. The summed E-state index contributed by atoms with van der Waals surface area (Å²) in [4.78, 5) is 2.57.